The Hall–Kier alpha value is -2.45. The number of benzene rings is 1. The number of pyridine rings is 1. The van der Waals surface area contributed by atoms with Gasteiger partial charge in [-0.3, -0.25) is 4.79 Å². The molecule has 0 bridgehead atoms. The number of aryl methyl sites for hydroxylation is 1. The van der Waals surface area contributed by atoms with E-state index in [1.165, 1.54) is 5.56 Å². The molecule has 1 aliphatic heterocycles. The molecule has 0 fully saturated rings. The molecule has 0 saturated heterocycles. The predicted octanol–water partition coefficient (Wildman–Crippen LogP) is 5.15. The van der Waals surface area contributed by atoms with Gasteiger partial charge in [0.05, 0.1) is 13.2 Å². The molecule has 0 saturated carbocycles. The summed E-state index contributed by atoms with van der Waals surface area (Å²) < 4.78 is 10.9. The third-order valence-corrected chi connectivity index (χ3v) is 6.11. The van der Waals surface area contributed by atoms with Gasteiger partial charge in [-0.05, 0) is 60.6 Å². The number of nitrogens with zero attached hydrogens (tertiary/aromatic N) is 1. The van der Waals surface area contributed by atoms with Crippen LogP contribution in [0.2, 0.25) is 0 Å². The normalized spacial score (nSPS) is 14.1. The van der Waals surface area contributed by atoms with Crippen molar-refractivity contribution >= 4 is 17.7 Å². The molecule has 3 rings (SSSR count). The zero-order valence-corrected chi connectivity index (χ0v) is 19.0. The van der Waals surface area contributed by atoms with E-state index in [1.54, 1.807) is 18.0 Å². The van der Waals surface area contributed by atoms with Gasteiger partial charge in [-0.1, -0.05) is 32.8 Å². The van der Waals surface area contributed by atoms with Crippen LogP contribution in [0.5, 0.6) is 5.75 Å². The highest BCUT2D eigenvalue weighted by molar-refractivity contribution is 7.99. The molecule has 2 aromatic rings. The van der Waals surface area contributed by atoms with Crippen molar-refractivity contribution in [1.29, 1.82) is 0 Å². The standard InChI is InChI=1S/C25H29NO3S/c1-5-28-24(27)12-8-18-7-10-20(26-17-18)11-9-19-15-21-22(16-23(19)30-6-2)29-14-13-25(21,3)4/h7,10,15-17H,5-6,8,12-14H2,1-4H3. The van der Waals surface area contributed by atoms with Crippen molar-refractivity contribution in [3.05, 3.63) is 52.8 Å². The highest BCUT2D eigenvalue weighted by Gasteiger charge is 2.29. The zero-order valence-electron chi connectivity index (χ0n) is 18.2. The highest BCUT2D eigenvalue weighted by atomic mass is 32.2. The van der Waals surface area contributed by atoms with E-state index in [0.717, 1.165) is 46.2 Å². The second kappa shape index (κ2) is 10.0. The molecule has 0 radical (unpaired) electrons. The van der Waals surface area contributed by atoms with Crippen LogP contribution in [0.25, 0.3) is 0 Å². The molecule has 0 unspecified atom stereocenters. The Morgan fingerprint density at radius 1 is 1.27 bits per heavy atom. The lowest BCUT2D eigenvalue weighted by Crippen LogP contribution is -2.26. The Labute approximate surface area is 183 Å². The summed E-state index contributed by atoms with van der Waals surface area (Å²) in [4.78, 5) is 17.1. The quantitative estimate of drug-likeness (QED) is 0.365. The minimum Gasteiger partial charge on any atom is -0.493 e. The van der Waals surface area contributed by atoms with E-state index in [9.17, 15) is 4.79 Å². The predicted molar refractivity (Wildman–Crippen MR) is 121 cm³/mol. The average Bonchev–Trinajstić information content (AvgIpc) is 2.72. The number of hydrogen-bond acceptors (Lipinski definition) is 5. The van der Waals surface area contributed by atoms with Crippen molar-refractivity contribution in [3.63, 3.8) is 0 Å². The number of esters is 1. The van der Waals surface area contributed by atoms with Gasteiger partial charge in [-0.2, -0.15) is 0 Å². The van der Waals surface area contributed by atoms with Crippen LogP contribution in [0.4, 0.5) is 0 Å². The largest absolute Gasteiger partial charge is 0.493 e. The summed E-state index contributed by atoms with van der Waals surface area (Å²) >= 11 is 1.78. The van der Waals surface area contributed by atoms with Gasteiger partial charge in [0.2, 0.25) is 0 Å². The number of carbonyl (C=O) groups is 1. The van der Waals surface area contributed by atoms with E-state index in [1.807, 2.05) is 19.1 Å². The highest BCUT2D eigenvalue weighted by Crippen LogP contribution is 2.41. The zero-order chi connectivity index (χ0) is 21.6. The minimum atomic E-state index is -0.179. The van der Waals surface area contributed by atoms with Crippen LogP contribution in [-0.2, 0) is 21.4 Å². The SMILES string of the molecule is CCOC(=O)CCc1ccc(C#Cc2cc3c(cc2SCC)OCCC3(C)C)nc1. The fraction of sp³-hybridized carbons (Fsp3) is 0.440. The van der Waals surface area contributed by atoms with E-state index in [-0.39, 0.29) is 11.4 Å². The molecule has 0 amide bonds. The van der Waals surface area contributed by atoms with Crippen molar-refractivity contribution in [2.75, 3.05) is 19.0 Å². The lowest BCUT2D eigenvalue weighted by molar-refractivity contribution is -0.143. The fourth-order valence-corrected chi connectivity index (χ4v) is 4.16. The number of rotatable bonds is 6. The van der Waals surface area contributed by atoms with Gasteiger partial charge in [0.15, 0.2) is 0 Å². The molecule has 1 aromatic heterocycles. The number of fused-ring (bicyclic) bond motifs is 1. The lowest BCUT2D eigenvalue weighted by atomic mass is 9.79. The molecule has 0 spiro atoms. The van der Waals surface area contributed by atoms with Crippen molar-refractivity contribution in [3.8, 4) is 17.6 Å². The number of ether oxygens (including phenoxy) is 2. The number of thioether (sulfide) groups is 1. The maximum Gasteiger partial charge on any atom is 0.306 e. The van der Waals surface area contributed by atoms with Crippen molar-refractivity contribution in [2.24, 2.45) is 0 Å². The Kier molecular flexibility index (Phi) is 7.44. The fourth-order valence-electron chi connectivity index (χ4n) is 3.39. The first-order valence-corrected chi connectivity index (χ1v) is 11.5. The molecule has 2 heterocycles. The number of aromatic nitrogens is 1. The van der Waals surface area contributed by atoms with Crippen LogP contribution in [0.15, 0.2) is 35.4 Å². The van der Waals surface area contributed by atoms with Gasteiger partial charge in [0.25, 0.3) is 0 Å². The summed E-state index contributed by atoms with van der Waals surface area (Å²) in [5.74, 6) is 8.31. The summed E-state index contributed by atoms with van der Waals surface area (Å²) in [7, 11) is 0. The van der Waals surface area contributed by atoms with Crippen molar-refractivity contribution < 1.29 is 14.3 Å². The van der Waals surface area contributed by atoms with Crippen LogP contribution in [-0.4, -0.2) is 29.9 Å². The third kappa shape index (κ3) is 5.58. The van der Waals surface area contributed by atoms with Gasteiger partial charge in [0.1, 0.15) is 11.4 Å². The summed E-state index contributed by atoms with van der Waals surface area (Å²) in [6.07, 6.45) is 3.78. The summed E-state index contributed by atoms with van der Waals surface area (Å²) in [5, 5.41) is 0. The number of carbonyl (C=O) groups excluding carboxylic acids is 1. The summed E-state index contributed by atoms with van der Waals surface area (Å²) in [6.45, 7) is 9.64. The molecule has 158 valence electrons. The minimum absolute atomic E-state index is 0.0816. The van der Waals surface area contributed by atoms with E-state index in [4.69, 9.17) is 9.47 Å². The van der Waals surface area contributed by atoms with Crippen LogP contribution in [0.3, 0.4) is 0 Å². The molecular weight excluding hydrogens is 394 g/mol. The third-order valence-electron chi connectivity index (χ3n) is 5.17. The second-order valence-electron chi connectivity index (χ2n) is 7.87. The Balaban J connectivity index is 1.80. The van der Waals surface area contributed by atoms with Gasteiger partial charge >= 0.3 is 5.97 Å². The van der Waals surface area contributed by atoms with Crippen LogP contribution >= 0.6 is 11.8 Å². The smallest absolute Gasteiger partial charge is 0.306 e. The second-order valence-corrected chi connectivity index (χ2v) is 9.17. The first-order valence-electron chi connectivity index (χ1n) is 10.5. The van der Waals surface area contributed by atoms with E-state index >= 15 is 0 Å². The summed E-state index contributed by atoms with van der Waals surface area (Å²) in [6, 6.07) is 8.21. The van der Waals surface area contributed by atoms with E-state index in [0.29, 0.717) is 19.4 Å². The van der Waals surface area contributed by atoms with E-state index in [2.05, 4.69) is 49.7 Å². The molecule has 4 nitrogen and oxygen atoms in total. The average molecular weight is 424 g/mol. The van der Waals surface area contributed by atoms with Gasteiger partial charge in [0, 0.05) is 28.6 Å². The maximum absolute atomic E-state index is 11.5. The topological polar surface area (TPSA) is 48.4 Å². The maximum atomic E-state index is 11.5. The Morgan fingerprint density at radius 3 is 2.80 bits per heavy atom. The molecule has 30 heavy (non-hydrogen) atoms. The molecule has 0 atom stereocenters. The van der Waals surface area contributed by atoms with Gasteiger partial charge in [-0.15, -0.1) is 11.8 Å². The monoisotopic (exact) mass is 423 g/mol. The van der Waals surface area contributed by atoms with Crippen LogP contribution in [0, 0.1) is 11.8 Å². The van der Waals surface area contributed by atoms with E-state index < -0.39 is 0 Å². The van der Waals surface area contributed by atoms with Crippen molar-refractivity contribution in [2.45, 2.75) is 57.3 Å². The molecule has 5 heteroatoms. The van der Waals surface area contributed by atoms with Crippen LogP contribution in [0.1, 0.15) is 62.9 Å². The molecule has 0 N–H and O–H groups in total. The molecule has 1 aliphatic rings. The molecule has 0 aliphatic carbocycles. The molecule has 1 aromatic carbocycles. The first kappa shape index (κ1) is 22.2. The van der Waals surface area contributed by atoms with Crippen molar-refractivity contribution in [1.82, 2.24) is 4.98 Å². The number of hydrogen-bond donors (Lipinski definition) is 0. The van der Waals surface area contributed by atoms with Gasteiger partial charge in [-0.25, -0.2) is 4.98 Å². The van der Waals surface area contributed by atoms with Gasteiger partial charge < -0.3 is 9.47 Å². The lowest BCUT2D eigenvalue weighted by Gasteiger charge is -2.33. The summed E-state index contributed by atoms with van der Waals surface area (Å²) in [5.41, 5.74) is 4.05. The Bertz CT molecular complexity index is 955. The Morgan fingerprint density at radius 2 is 2.10 bits per heavy atom. The van der Waals surface area contributed by atoms with Crippen LogP contribution < -0.4 is 4.74 Å². The molecular formula is C25H29NO3S. The first-order chi connectivity index (χ1) is 14.4.